The molecule has 0 unspecified atom stereocenters. The first-order chi connectivity index (χ1) is 23.9. The number of hydrogen-bond donors (Lipinski definition) is 0. The number of rotatable bonds is 16. The second-order valence-corrected chi connectivity index (χ2v) is 15.1. The zero-order valence-electron chi connectivity index (χ0n) is 30.0. The van der Waals surface area contributed by atoms with Gasteiger partial charge in [0.1, 0.15) is 0 Å². The molecule has 2 saturated carbocycles. The van der Waals surface area contributed by atoms with Gasteiger partial charge in [0.15, 0.2) is 23.3 Å². The average molecular weight is 675 g/mol. The van der Waals surface area contributed by atoms with E-state index in [0.29, 0.717) is 34.6 Å². The van der Waals surface area contributed by atoms with Crippen LogP contribution in [0.4, 0.5) is 17.6 Å². The summed E-state index contributed by atoms with van der Waals surface area (Å²) in [5.74, 6) is -0.801. The molecule has 0 amide bonds. The van der Waals surface area contributed by atoms with Gasteiger partial charge in [-0.15, -0.1) is 0 Å². The molecule has 3 aromatic rings. The van der Waals surface area contributed by atoms with Gasteiger partial charge in [0.05, 0.1) is 0 Å². The molecule has 0 spiro atoms. The second-order valence-electron chi connectivity index (χ2n) is 15.1. The van der Waals surface area contributed by atoms with Crippen molar-refractivity contribution in [3.8, 4) is 22.3 Å². The van der Waals surface area contributed by atoms with Crippen molar-refractivity contribution in [3.63, 3.8) is 0 Å². The van der Waals surface area contributed by atoms with Crippen molar-refractivity contribution in [2.45, 2.75) is 142 Å². The first kappa shape index (κ1) is 37.4. The maximum Gasteiger partial charge on any atom is 0.166 e. The number of benzene rings is 3. The lowest BCUT2D eigenvalue weighted by Gasteiger charge is -2.38. The van der Waals surface area contributed by atoms with E-state index in [9.17, 15) is 0 Å². The van der Waals surface area contributed by atoms with Crippen LogP contribution in [0.3, 0.4) is 0 Å². The maximum atomic E-state index is 15.6. The van der Waals surface area contributed by atoms with Crippen molar-refractivity contribution in [1.29, 1.82) is 0 Å². The van der Waals surface area contributed by atoms with E-state index in [-0.39, 0.29) is 17.0 Å². The lowest BCUT2D eigenvalue weighted by molar-refractivity contribution is 0.156. The Bertz CT molecular complexity index is 1470. The normalized spacial score (nSPS) is 21.4. The molecule has 0 aromatic heterocycles. The van der Waals surface area contributed by atoms with Gasteiger partial charge in [0.25, 0.3) is 0 Å². The van der Waals surface area contributed by atoms with Crippen molar-refractivity contribution < 1.29 is 17.6 Å². The van der Waals surface area contributed by atoms with E-state index in [1.807, 2.05) is 0 Å². The Balaban J connectivity index is 1.14. The molecule has 2 aliphatic carbocycles. The molecule has 49 heavy (non-hydrogen) atoms. The van der Waals surface area contributed by atoms with Gasteiger partial charge in [0.2, 0.25) is 0 Å². The summed E-state index contributed by atoms with van der Waals surface area (Å²) < 4.78 is 61.3. The molecule has 2 aliphatic rings. The monoisotopic (exact) mass is 674 g/mol. The third-order valence-corrected chi connectivity index (χ3v) is 11.8. The maximum absolute atomic E-state index is 15.6. The van der Waals surface area contributed by atoms with Gasteiger partial charge in [0, 0.05) is 11.1 Å². The zero-order valence-corrected chi connectivity index (χ0v) is 30.0. The molecule has 0 radical (unpaired) electrons. The molecule has 0 aliphatic heterocycles. The van der Waals surface area contributed by atoms with Gasteiger partial charge in [-0.1, -0.05) is 125 Å². The van der Waals surface area contributed by atoms with E-state index in [2.05, 4.69) is 26.0 Å². The molecule has 5 rings (SSSR count). The quantitative estimate of drug-likeness (QED) is 0.0806. The molecule has 4 heteroatoms. The predicted octanol–water partition coefficient (Wildman–Crippen LogP) is 14.7. The minimum Gasteiger partial charge on any atom is -0.203 e. The molecule has 3 aromatic carbocycles. The Morgan fingerprint density at radius 1 is 0.571 bits per heavy atom. The van der Waals surface area contributed by atoms with Gasteiger partial charge < -0.3 is 0 Å². The largest absolute Gasteiger partial charge is 0.203 e. The first-order valence-electron chi connectivity index (χ1n) is 19.6. The van der Waals surface area contributed by atoms with Crippen molar-refractivity contribution >= 4 is 0 Å². The van der Waals surface area contributed by atoms with Gasteiger partial charge >= 0.3 is 0 Å². The lowest BCUT2D eigenvalue weighted by atomic mass is 9.68. The fourth-order valence-electron chi connectivity index (χ4n) is 8.74. The van der Waals surface area contributed by atoms with E-state index in [4.69, 9.17) is 0 Å². The summed E-state index contributed by atoms with van der Waals surface area (Å²) in [7, 11) is 0. The van der Waals surface area contributed by atoms with E-state index in [0.717, 1.165) is 56.8 Å². The lowest BCUT2D eigenvalue weighted by Crippen LogP contribution is -2.25. The van der Waals surface area contributed by atoms with Crippen molar-refractivity contribution in [2.24, 2.45) is 17.8 Å². The molecule has 0 bridgehead atoms. The third kappa shape index (κ3) is 9.89. The van der Waals surface area contributed by atoms with Crippen LogP contribution in [0.2, 0.25) is 0 Å². The zero-order chi connectivity index (χ0) is 34.6. The molecule has 0 atom stereocenters. The van der Waals surface area contributed by atoms with Gasteiger partial charge in [-0.25, -0.2) is 17.6 Å². The fraction of sp³-hybridized carbons (Fsp3) is 0.556. The van der Waals surface area contributed by atoms with E-state index in [1.54, 1.807) is 48.5 Å². The molecule has 0 N–H and O–H groups in total. The fourth-order valence-corrected chi connectivity index (χ4v) is 8.74. The average Bonchev–Trinajstić information content (AvgIpc) is 3.13. The Kier molecular flexibility index (Phi) is 14.4. The topological polar surface area (TPSA) is 0 Å². The van der Waals surface area contributed by atoms with E-state index >= 15 is 17.6 Å². The number of aryl methyl sites for hydroxylation is 1. The Hall–Kier alpha value is -2.88. The van der Waals surface area contributed by atoms with Crippen LogP contribution in [-0.4, -0.2) is 0 Å². The Morgan fingerprint density at radius 3 is 1.69 bits per heavy atom. The predicted molar refractivity (Wildman–Crippen MR) is 198 cm³/mol. The highest BCUT2D eigenvalue weighted by atomic mass is 19.2. The molecular formula is C45H58F4. The molecular weight excluding hydrogens is 616 g/mol. The highest BCUT2D eigenvalue weighted by molar-refractivity contribution is 5.71. The summed E-state index contributed by atoms with van der Waals surface area (Å²) in [5.41, 5.74) is 2.31. The first-order valence-corrected chi connectivity index (χ1v) is 19.6. The number of hydrogen-bond acceptors (Lipinski definition) is 0. The second kappa shape index (κ2) is 18.9. The van der Waals surface area contributed by atoms with Crippen molar-refractivity contribution in [2.75, 3.05) is 0 Å². The van der Waals surface area contributed by atoms with E-state index < -0.39 is 23.3 Å². The summed E-state index contributed by atoms with van der Waals surface area (Å²) in [4.78, 5) is 0. The van der Waals surface area contributed by atoms with Crippen LogP contribution < -0.4 is 0 Å². The highest BCUT2D eigenvalue weighted by Crippen LogP contribution is 2.45. The summed E-state index contributed by atoms with van der Waals surface area (Å²) in [6, 6.07) is 13.4. The Labute approximate surface area is 293 Å². The SMILES string of the molecule is C/C=C/CCC1CCC(C2CCC(c3ccc(-c4ccc(-c5ccc(CCCCCCCCCC)c(F)c5F)cc4)c(F)c3F)CC2)CC1. The third-order valence-electron chi connectivity index (χ3n) is 11.8. The van der Waals surface area contributed by atoms with Crippen LogP contribution >= 0.6 is 0 Å². The molecule has 266 valence electrons. The van der Waals surface area contributed by atoms with Gasteiger partial charge in [-0.05, 0) is 117 Å². The number of unbranched alkanes of at least 4 members (excludes halogenated alkanes) is 7. The van der Waals surface area contributed by atoms with Crippen LogP contribution in [0, 0.1) is 41.0 Å². The van der Waals surface area contributed by atoms with Crippen LogP contribution in [0.25, 0.3) is 22.3 Å². The number of halogens is 4. The minimum atomic E-state index is -0.853. The highest BCUT2D eigenvalue weighted by Gasteiger charge is 2.32. The van der Waals surface area contributed by atoms with Crippen molar-refractivity contribution in [1.82, 2.24) is 0 Å². The summed E-state index contributed by atoms with van der Waals surface area (Å²) in [6.45, 7) is 4.30. The van der Waals surface area contributed by atoms with Crippen LogP contribution in [0.15, 0.2) is 60.7 Å². The van der Waals surface area contributed by atoms with Crippen molar-refractivity contribution in [3.05, 3.63) is 95.1 Å². The minimum absolute atomic E-state index is 0.0516. The Morgan fingerprint density at radius 2 is 1.10 bits per heavy atom. The molecule has 0 nitrogen and oxygen atoms in total. The van der Waals surface area contributed by atoms with Gasteiger partial charge in [-0.2, -0.15) is 0 Å². The molecule has 2 fully saturated rings. The molecule has 0 heterocycles. The smallest absolute Gasteiger partial charge is 0.166 e. The summed E-state index contributed by atoms with van der Waals surface area (Å²) in [6.07, 6.45) is 26.0. The van der Waals surface area contributed by atoms with Gasteiger partial charge in [-0.3, -0.25) is 0 Å². The van der Waals surface area contributed by atoms with E-state index in [1.165, 1.54) is 70.6 Å². The molecule has 0 saturated heterocycles. The standard InChI is InChI=1S/C45H58F4/c1-3-5-7-8-9-10-11-13-15-38-28-29-39(43(47)42(38)46)36-24-26-37(27-25-36)41-31-30-40(44(48)45(41)49)35-22-20-34(21-23-35)33-18-16-32(17-19-33)14-12-6-4-2/h4,6,24-35H,3,5,7-23H2,1-2H3/b6-4+. The van der Waals surface area contributed by atoms with Crippen LogP contribution in [0.5, 0.6) is 0 Å². The summed E-state index contributed by atoms with van der Waals surface area (Å²) in [5, 5.41) is 0. The summed E-state index contributed by atoms with van der Waals surface area (Å²) >= 11 is 0. The van der Waals surface area contributed by atoms with Crippen LogP contribution in [-0.2, 0) is 6.42 Å². The number of allylic oxidation sites excluding steroid dienone is 2. The van der Waals surface area contributed by atoms with Crippen LogP contribution in [0.1, 0.15) is 146 Å².